The minimum Gasteiger partial charge on any atom is -0.340 e. The lowest BCUT2D eigenvalue weighted by molar-refractivity contribution is -0.123. The van der Waals surface area contributed by atoms with Crippen molar-refractivity contribution in [1.82, 2.24) is 9.97 Å². The van der Waals surface area contributed by atoms with Crippen molar-refractivity contribution in [2.75, 3.05) is 10.6 Å². The van der Waals surface area contributed by atoms with Crippen molar-refractivity contribution in [1.29, 1.82) is 0 Å². The molecule has 1 aromatic heterocycles. The Kier molecular flexibility index (Phi) is 5.97. The molecule has 0 aliphatic carbocycles. The van der Waals surface area contributed by atoms with Gasteiger partial charge in [-0.25, -0.2) is 9.97 Å². The van der Waals surface area contributed by atoms with E-state index in [9.17, 15) is 4.79 Å². The maximum Gasteiger partial charge on any atom is 0.229 e. The molecule has 0 radical (unpaired) electrons. The van der Waals surface area contributed by atoms with Crippen molar-refractivity contribution >= 4 is 23.1 Å². The van der Waals surface area contributed by atoms with E-state index in [0.717, 1.165) is 40.4 Å². The van der Waals surface area contributed by atoms with Gasteiger partial charge in [0.2, 0.25) is 5.91 Å². The monoisotopic (exact) mass is 388 g/mol. The fourth-order valence-electron chi connectivity index (χ4n) is 2.99. The van der Waals surface area contributed by atoms with Gasteiger partial charge < -0.3 is 10.6 Å². The van der Waals surface area contributed by atoms with Crippen LogP contribution < -0.4 is 10.6 Å². The number of rotatable bonds is 5. The Hall–Kier alpha value is -3.21. The van der Waals surface area contributed by atoms with Gasteiger partial charge in [-0.2, -0.15) is 0 Å². The highest BCUT2D eigenvalue weighted by Crippen LogP contribution is 2.27. The molecule has 5 nitrogen and oxygen atoms in total. The number of carbonyl (C=O) groups excluding carboxylic acids is 1. The van der Waals surface area contributed by atoms with E-state index < -0.39 is 5.41 Å². The second-order valence-corrected chi connectivity index (χ2v) is 8.16. The molecule has 0 saturated carbocycles. The van der Waals surface area contributed by atoms with Crippen molar-refractivity contribution in [3.05, 3.63) is 66.0 Å². The molecule has 1 amide bonds. The molecule has 0 saturated heterocycles. The van der Waals surface area contributed by atoms with E-state index in [1.54, 1.807) is 6.33 Å². The Morgan fingerprint density at radius 3 is 2.48 bits per heavy atom. The van der Waals surface area contributed by atoms with Crippen LogP contribution in [-0.2, 0) is 11.2 Å². The first kappa shape index (κ1) is 20.5. The van der Waals surface area contributed by atoms with Crippen LogP contribution in [0.2, 0.25) is 0 Å². The SMILES string of the molecule is CCc1ccccc1-c1cc(Nc2ccc(NC(=O)C(C)(C)C)cc2C)ncn1. The summed E-state index contributed by atoms with van der Waals surface area (Å²) in [5.74, 6) is 0.725. The molecule has 0 bridgehead atoms. The predicted octanol–water partition coefficient (Wildman–Crippen LogP) is 5.74. The Morgan fingerprint density at radius 1 is 1.03 bits per heavy atom. The zero-order valence-corrected chi connectivity index (χ0v) is 17.7. The minimum absolute atomic E-state index is 0.00681. The third kappa shape index (κ3) is 4.99. The zero-order chi connectivity index (χ0) is 21.0. The van der Waals surface area contributed by atoms with Gasteiger partial charge in [-0.15, -0.1) is 0 Å². The van der Waals surface area contributed by atoms with E-state index in [2.05, 4.69) is 39.7 Å². The van der Waals surface area contributed by atoms with Crippen LogP contribution in [0.4, 0.5) is 17.2 Å². The quantitative estimate of drug-likeness (QED) is 0.585. The Balaban J connectivity index is 1.81. The molecule has 1 heterocycles. The number of hydrogen-bond donors (Lipinski definition) is 2. The number of aryl methyl sites for hydroxylation is 2. The highest BCUT2D eigenvalue weighted by molar-refractivity contribution is 5.94. The molecule has 0 aliphatic heterocycles. The lowest BCUT2D eigenvalue weighted by atomic mass is 9.95. The molecular formula is C24H28N4O. The number of amides is 1. The highest BCUT2D eigenvalue weighted by atomic mass is 16.2. The number of aromatic nitrogens is 2. The minimum atomic E-state index is -0.434. The van der Waals surface area contributed by atoms with Crippen LogP contribution in [0.3, 0.4) is 0 Å². The maximum atomic E-state index is 12.2. The smallest absolute Gasteiger partial charge is 0.229 e. The topological polar surface area (TPSA) is 66.9 Å². The van der Waals surface area contributed by atoms with Gasteiger partial charge in [0.15, 0.2) is 0 Å². The fourth-order valence-corrected chi connectivity index (χ4v) is 2.99. The van der Waals surface area contributed by atoms with Gasteiger partial charge >= 0.3 is 0 Å². The summed E-state index contributed by atoms with van der Waals surface area (Å²) in [5.41, 5.74) is 5.58. The van der Waals surface area contributed by atoms with Gasteiger partial charge in [-0.1, -0.05) is 52.0 Å². The summed E-state index contributed by atoms with van der Waals surface area (Å²) in [6.45, 7) is 9.84. The van der Waals surface area contributed by atoms with E-state index in [4.69, 9.17) is 0 Å². The van der Waals surface area contributed by atoms with Gasteiger partial charge in [0.1, 0.15) is 12.1 Å². The summed E-state index contributed by atoms with van der Waals surface area (Å²) in [6.07, 6.45) is 2.53. The second-order valence-electron chi connectivity index (χ2n) is 8.16. The third-order valence-corrected chi connectivity index (χ3v) is 4.77. The molecule has 0 atom stereocenters. The van der Waals surface area contributed by atoms with Crippen LogP contribution in [0.15, 0.2) is 54.9 Å². The van der Waals surface area contributed by atoms with Crippen molar-refractivity contribution in [3.8, 4) is 11.3 Å². The molecule has 2 N–H and O–H groups in total. The first-order valence-electron chi connectivity index (χ1n) is 9.87. The van der Waals surface area contributed by atoms with Gasteiger partial charge in [0, 0.05) is 28.4 Å². The largest absolute Gasteiger partial charge is 0.340 e. The van der Waals surface area contributed by atoms with Crippen LogP contribution in [-0.4, -0.2) is 15.9 Å². The molecule has 150 valence electrons. The molecule has 2 aromatic carbocycles. The predicted molar refractivity (Wildman–Crippen MR) is 119 cm³/mol. The van der Waals surface area contributed by atoms with Crippen LogP contribution >= 0.6 is 0 Å². The van der Waals surface area contributed by atoms with Crippen molar-refractivity contribution in [2.24, 2.45) is 5.41 Å². The van der Waals surface area contributed by atoms with Crippen LogP contribution in [0.1, 0.15) is 38.8 Å². The number of nitrogens with zero attached hydrogens (tertiary/aromatic N) is 2. The highest BCUT2D eigenvalue weighted by Gasteiger charge is 2.21. The Bertz CT molecular complexity index is 1020. The number of carbonyl (C=O) groups is 1. The molecule has 29 heavy (non-hydrogen) atoms. The summed E-state index contributed by atoms with van der Waals surface area (Å²) < 4.78 is 0. The van der Waals surface area contributed by atoms with E-state index in [-0.39, 0.29) is 5.91 Å². The van der Waals surface area contributed by atoms with Gasteiger partial charge in [-0.3, -0.25) is 4.79 Å². The Labute approximate surface area is 172 Å². The normalized spacial score (nSPS) is 11.2. The molecule has 0 aliphatic rings. The zero-order valence-electron chi connectivity index (χ0n) is 17.7. The number of hydrogen-bond acceptors (Lipinski definition) is 4. The molecule has 0 unspecified atom stereocenters. The first-order chi connectivity index (χ1) is 13.8. The lowest BCUT2D eigenvalue weighted by Gasteiger charge is -2.18. The maximum absolute atomic E-state index is 12.2. The molecule has 5 heteroatoms. The first-order valence-corrected chi connectivity index (χ1v) is 9.87. The summed E-state index contributed by atoms with van der Waals surface area (Å²) in [7, 11) is 0. The fraction of sp³-hybridized carbons (Fsp3) is 0.292. The summed E-state index contributed by atoms with van der Waals surface area (Å²) in [4.78, 5) is 21.0. The average Bonchev–Trinajstić information content (AvgIpc) is 2.69. The Morgan fingerprint density at radius 2 is 1.79 bits per heavy atom. The molecule has 0 fully saturated rings. The van der Waals surface area contributed by atoms with Gasteiger partial charge in [0.05, 0.1) is 5.69 Å². The number of anilines is 3. The van der Waals surface area contributed by atoms with Crippen LogP contribution in [0, 0.1) is 12.3 Å². The standard InChI is InChI=1S/C24H28N4O/c1-6-17-9-7-8-10-19(17)21-14-22(26-15-25-21)28-20-12-11-18(13-16(20)2)27-23(29)24(3,4)5/h7-15H,6H2,1-5H3,(H,27,29)(H,25,26,28). The summed E-state index contributed by atoms with van der Waals surface area (Å²) in [6, 6.07) is 16.1. The van der Waals surface area contributed by atoms with Gasteiger partial charge in [0.25, 0.3) is 0 Å². The van der Waals surface area contributed by atoms with Crippen molar-refractivity contribution in [3.63, 3.8) is 0 Å². The molecule has 3 aromatic rings. The third-order valence-electron chi connectivity index (χ3n) is 4.77. The summed E-state index contributed by atoms with van der Waals surface area (Å²) in [5, 5.41) is 6.33. The second kappa shape index (κ2) is 8.43. The van der Waals surface area contributed by atoms with E-state index in [1.807, 2.05) is 64.1 Å². The number of nitrogens with one attached hydrogen (secondary N) is 2. The van der Waals surface area contributed by atoms with E-state index in [1.165, 1.54) is 5.56 Å². The van der Waals surface area contributed by atoms with Crippen LogP contribution in [0.5, 0.6) is 0 Å². The average molecular weight is 389 g/mol. The molecule has 0 spiro atoms. The van der Waals surface area contributed by atoms with Crippen molar-refractivity contribution < 1.29 is 4.79 Å². The van der Waals surface area contributed by atoms with E-state index in [0.29, 0.717) is 0 Å². The van der Waals surface area contributed by atoms with Gasteiger partial charge in [-0.05, 0) is 42.7 Å². The van der Waals surface area contributed by atoms with Crippen molar-refractivity contribution in [2.45, 2.75) is 41.0 Å². The molecule has 3 rings (SSSR count). The number of benzene rings is 2. The molecular weight excluding hydrogens is 360 g/mol. The van der Waals surface area contributed by atoms with Crippen LogP contribution in [0.25, 0.3) is 11.3 Å². The summed E-state index contributed by atoms with van der Waals surface area (Å²) >= 11 is 0. The van der Waals surface area contributed by atoms with E-state index >= 15 is 0 Å². The lowest BCUT2D eigenvalue weighted by Crippen LogP contribution is -2.27.